The Morgan fingerprint density at radius 3 is 3.05 bits per heavy atom. The normalized spacial score (nSPS) is 20.4. The van der Waals surface area contributed by atoms with Gasteiger partial charge in [0.15, 0.2) is 0 Å². The quantitative estimate of drug-likeness (QED) is 0.814. The SMILES string of the molecule is COc1cc(N)ccc1S(=O)CCCC1CCCO1. The number of rotatable bonds is 6. The van der Waals surface area contributed by atoms with Gasteiger partial charge in [0, 0.05) is 24.1 Å². The molecule has 0 spiro atoms. The lowest BCUT2D eigenvalue weighted by Crippen LogP contribution is -2.08. The summed E-state index contributed by atoms with van der Waals surface area (Å²) in [6, 6.07) is 5.26. The average molecular weight is 283 g/mol. The molecule has 2 unspecified atom stereocenters. The maximum Gasteiger partial charge on any atom is 0.137 e. The summed E-state index contributed by atoms with van der Waals surface area (Å²) in [5.41, 5.74) is 6.31. The molecule has 19 heavy (non-hydrogen) atoms. The van der Waals surface area contributed by atoms with E-state index >= 15 is 0 Å². The third-order valence-corrected chi connectivity index (χ3v) is 4.80. The minimum Gasteiger partial charge on any atom is -0.495 e. The molecule has 5 heteroatoms. The van der Waals surface area contributed by atoms with Crippen molar-refractivity contribution in [2.75, 3.05) is 25.2 Å². The molecule has 0 saturated carbocycles. The lowest BCUT2D eigenvalue weighted by molar-refractivity contribution is 0.104. The monoisotopic (exact) mass is 283 g/mol. The third kappa shape index (κ3) is 3.94. The standard InChI is InChI=1S/C14H21NO3S/c1-17-13-10-11(15)6-7-14(13)19(16)9-3-5-12-4-2-8-18-12/h6-7,10,12H,2-5,8-9,15H2,1H3. The first kappa shape index (κ1) is 14.3. The van der Waals surface area contributed by atoms with Crippen LogP contribution in [-0.2, 0) is 15.5 Å². The van der Waals surface area contributed by atoms with Crippen LogP contribution in [0.3, 0.4) is 0 Å². The van der Waals surface area contributed by atoms with Crippen LogP contribution in [0.5, 0.6) is 5.75 Å². The van der Waals surface area contributed by atoms with E-state index in [1.165, 1.54) is 0 Å². The van der Waals surface area contributed by atoms with Crippen molar-refractivity contribution in [2.45, 2.75) is 36.7 Å². The van der Waals surface area contributed by atoms with Gasteiger partial charge in [0.05, 0.1) is 28.9 Å². The van der Waals surface area contributed by atoms with Gasteiger partial charge < -0.3 is 15.2 Å². The van der Waals surface area contributed by atoms with Crippen LogP contribution in [0.2, 0.25) is 0 Å². The molecule has 106 valence electrons. The van der Waals surface area contributed by atoms with Crippen LogP contribution in [0.4, 0.5) is 5.69 Å². The van der Waals surface area contributed by atoms with Crippen molar-refractivity contribution in [3.05, 3.63) is 18.2 Å². The van der Waals surface area contributed by atoms with Gasteiger partial charge >= 0.3 is 0 Å². The second-order valence-electron chi connectivity index (χ2n) is 4.74. The molecule has 1 saturated heterocycles. The Morgan fingerprint density at radius 1 is 1.53 bits per heavy atom. The van der Waals surface area contributed by atoms with E-state index in [0.29, 0.717) is 23.3 Å². The van der Waals surface area contributed by atoms with Gasteiger partial charge in [-0.25, -0.2) is 0 Å². The van der Waals surface area contributed by atoms with Gasteiger partial charge in [-0.3, -0.25) is 4.21 Å². The molecule has 2 N–H and O–H groups in total. The molecular weight excluding hydrogens is 262 g/mol. The van der Waals surface area contributed by atoms with Crippen LogP contribution in [0.15, 0.2) is 23.1 Å². The fraction of sp³-hybridized carbons (Fsp3) is 0.571. The highest BCUT2D eigenvalue weighted by Gasteiger charge is 2.16. The van der Waals surface area contributed by atoms with E-state index in [1.54, 1.807) is 25.3 Å². The van der Waals surface area contributed by atoms with Crippen LogP contribution in [0, 0.1) is 0 Å². The molecule has 1 aromatic rings. The number of benzene rings is 1. The van der Waals surface area contributed by atoms with Crippen molar-refractivity contribution in [3.8, 4) is 5.75 Å². The molecule has 1 aliphatic heterocycles. The predicted molar refractivity (Wildman–Crippen MR) is 76.9 cm³/mol. The summed E-state index contributed by atoms with van der Waals surface area (Å²) >= 11 is 0. The summed E-state index contributed by atoms with van der Waals surface area (Å²) in [4.78, 5) is 0.726. The lowest BCUT2D eigenvalue weighted by Gasteiger charge is -2.11. The van der Waals surface area contributed by atoms with Gasteiger partial charge in [-0.05, 0) is 37.8 Å². The van der Waals surface area contributed by atoms with E-state index in [9.17, 15) is 4.21 Å². The van der Waals surface area contributed by atoms with E-state index in [1.807, 2.05) is 0 Å². The van der Waals surface area contributed by atoms with Crippen molar-refractivity contribution >= 4 is 16.5 Å². The van der Waals surface area contributed by atoms with E-state index in [4.69, 9.17) is 15.2 Å². The summed E-state index contributed by atoms with van der Waals surface area (Å²) in [5.74, 6) is 1.25. The zero-order chi connectivity index (χ0) is 13.7. The van der Waals surface area contributed by atoms with Crippen LogP contribution in [0.25, 0.3) is 0 Å². The number of hydrogen-bond donors (Lipinski definition) is 1. The maximum atomic E-state index is 12.3. The molecule has 4 nitrogen and oxygen atoms in total. The van der Waals surface area contributed by atoms with Gasteiger partial charge in [0.1, 0.15) is 5.75 Å². The molecule has 2 atom stereocenters. The summed E-state index contributed by atoms with van der Waals surface area (Å²) in [6.07, 6.45) is 4.55. The molecule has 0 aliphatic carbocycles. The second kappa shape index (κ2) is 6.91. The Kier molecular flexibility index (Phi) is 5.22. The summed E-state index contributed by atoms with van der Waals surface area (Å²) in [6.45, 7) is 0.875. The Hall–Kier alpha value is -1.07. The van der Waals surface area contributed by atoms with E-state index < -0.39 is 10.8 Å². The van der Waals surface area contributed by atoms with Crippen LogP contribution in [0.1, 0.15) is 25.7 Å². The second-order valence-corrected chi connectivity index (χ2v) is 6.28. The first-order valence-electron chi connectivity index (χ1n) is 6.64. The molecule has 1 aromatic carbocycles. The zero-order valence-corrected chi connectivity index (χ0v) is 12.1. The maximum absolute atomic E-state index is 12.3. The largest absolute Gasteiger partial charge is 0.495 e. The van der Waals surface area contributed by atoms with E-state index in [2.05, 4.69) is 0 Å². The van der Waals surface area contributed by atoms with Gasteiger partial charge in [0.25, 0.3) is 0 Å². The topological polar surface area (TPSA) is 61.5 Å². The number of hydrogen-bond acceptors (Lipinski definition) is 4. The van der Waals surface area contributed by atoms with Crippen LogP contribution < -0.4 is 10.5 Å². The minimum atomic E-state index is -1.04. The first-order chi connectivity index (χ1) is 9.20. The molecule has 0 bridgehead atoms. The average Bonchev–Trinajstić information content (AvgIpc) is 2.91. The molecule has 0 amide bonds. The number of ether oxygens (including phenoxy) is 2. The number of nitrogen functional groups attached to an aromatic ring is 1. The van der Waals surface area contributed by atoms with Crippen LogP contribution in [-0.4, -0.2) is 29.8 Å². The summed E-state index contributed by atoms with van der Waals surface area (Å²) in [7, 11) is 0.532. The molecule has 1 heterocycles. The highest BCUT2D eigenvalue weighted by molar-refractivity contribution is 7.85. The van der Waals surface area contributed by atoms with Crippen LogP contribution >= 0.6 is 0 Å². The number of nitrogens with two attached hydrogens (primary N) is 1. The van der Waals surface area contributed by atoms with Crippen molar-refractivity contribution in [1.82, 2.24) is 0 Å². The Morgan fingerprint density at radius 2 is 2.37 bits per heavy atom. The van der Waals surface area contributed by atoms with E-state index in [0.717, 1.165) is 37.2 Å². The fourth-order valence-electron chi connectivity index (χ4n) is 2.30. The fourth-order valence-corrected chi connectivity index (χ4v) is 3.53. The predicted octanol–water partition coefficient (Wildman–Crippen LogP) is 2.34. The minimum absolute atomic E-state index is 0.366. The van der Waals surface area contributed by atoms with Crippen molar-refractivity contribution in [3.63, 3.8) is 0 Å². The van der Waals surface area contributed by atoms with Gasteiger partial charge in [-0.2, -0.15) is 0 Å². The van der Waals surface area contributed by atoms with Gasteiger partial charge in [-0.15, -0.1) is 0 Å². The molecule has 0 radical (unpaired) electrons. The Bertz CT molecular complexity index is 444. The molecule has 1 fully saturated rings. The summed E-state index contributed by atoms with van der Waals surface area (Å²) in [5, 5.41) is 0. The highest BCUT2D eigenvalue weighted by Crippen LogP contribution is 2.26. The van der Waals surface area contributed by atoms with Gasteiger partial charge in [0.2, 0.25) is 0 Å². The van der Waals surface area contributed by atoms with Crippen molar-refractivity contribution in [2.24, 2.45) is 0 Å². The van der Waals surface area contributed by atoms with E-state index in [-0.39, 0.29) is 0 Å². The molecule has 1 aliphatic rings. The molecule has 0 aromatic heterocycles. The summed E-state index contributed by atoms with van der Waals surface area (Å²) < 4.78 is 23.0. The molecule has 2 rings (SSSR count). The van der Waals surface area contributed by atoms with Crippen molar-refractivity contribution < 1.29 is 13.7 Å². The Balaban J connectivity index is 1.88. The number of methoxy groups -OCH3 is 1. The number of anilines is 1. The Labute approximate surface area is 116 Å². The zero-order valence-electron chi connectivity index (χ0n) is 11.3. The lowest BCUT2D eigenvalue weighted by atomic mass is 10.1. The first-order valence-corrected chi connectivity index (χ1v) is 7.96. The molecular formula is C14H21NO3S. The smallest absolute Gasteiger partial charge is 0.137 e. The third-order valence-electron chi connectivity index (χ3n) is 3.31. The highest BCUT2D eigenvalue weighted by atomic mass is 32.2. The van der Waals surface area contributed by atoms with Crippen molar-refractivity contribution in [1.29, 1.82) is 0 Å². The van der Waals surface area contributed by atoms with Gasteiger partial charge in [-0.1, -0.05) is 0 Å².